The van der Waals surface area contributed by atoms with E-state index in [1.54, 1.807) is 0 Å². The van der Waals surface area contributed by atoms with E-state index in [4.69, 9.17) is 21.8 Å². The summed E-state index contributed by atoms with van der Waals surface area (Å²) in [5.74, 6) is 0. The lowest BCUT2D eigenvalue weighted by Gasteiger charge is -2.34. The molecular formula is C20H25ClN2O2. The molecule has 2 aromatic rings. The zero-order valence-electron chi connectivity index (χ0n) is 14.4. The zero-order chi connectivity index (χ0) is 17.6. The third-order valence-corrected chi connectivity index (χ3v) is 4.92. The summed E-state index contributed by atoms with van der Waals surface area (Å²) in [6.07, 6.45) is 1.86. The van der Waals surface area contributed by atoms with Crippen LogP contribution in [0.5, 0.6) is 0 Å². The van der Waals surface area contributed by atoms with Gasteiger partial charge in [0.1, 0.15) is 0 Å². The minimum Gasteiger partial charge on any atom is -0.395 e. The highest BCUT2D eigenvalue weighted by molar-refractivity contribution is 6.30. The van der Waals surface area contributed by atoms with Gasteiger partial charge >= 0.3 is 0 Å². The minimum absolute atomic E-state index is 0.119. The second-order valence-electron chi connectivity index (χ2n) is 6.37. The van der Waals surface area contributed by atoms with Gasteiger partial charge in [0, 0.05) is 49.0 Å². The standard InChI is InChI=1S/C20H25ClN2O2/c21-18-6-7-20-17(15-18)14-16-4-1-2-5-19(16)23(20)9-3-8-22(10-12-24)11-13-25/h1-2,4-7,15,24-25H,3,8-14H2. The number of benzene rings is 2. The molecular weight excluding hydrogens is 336 g/mol. The molecule has 0 aromatic heterocycles. The van der Waals surface area contributed by atoms with Crippen molar-refractivity contribution >= 4 is 23.0 Å². The number of aliphatic hydroxyl groups is 2. The van der Waals surface area contributed by atoms with E-state index in [9.17, 15) is 0 Å². The monoisotopic (exact) mass is 360 g/mol. The Bertz CT molecular complexity index is 702. The van der Waals surface area contributed by atoms with Gasteiger partial charge in [-0.15, -0.1) is 0 Å². The molecule has 25 heavy (non-hydrogen) atoms. The van der Waals surface area contributed by atoms with Gasteiger partial charge < -0.3 is 15.1 Å². The predicted molar refractivity (Wildman–Crippen MR) is 103 cm³/mol. The molecule has 0 saturated carbocycles. The molecule has 0 aliphatic carbocycles. The fourth-order valence-electron chi connectivity index (χ4n) is 3.53. The Kier molecular flexibility index (Phi) is 6.32. The lowest BCUT2D eigenvalue weighted by Crippen LogP contribution is -2.33. The highest BCUT2D eigenvalue weighted by atomic mass is 35.5. The van der Waals surface area contributed by atoms with Crippen molar-refractivity contribution in [3.8, 4) is 0 Å². The molecule has 4 nitrogen and oxygen atoms in total. The van der Waals surface area contributed by atoms with Crippen LogP contribution in [0, 0.1) is 0 Å². The van der Waals surface area contributed by atoms with Crippen molar-refractivity contribution in [2.24, 2.45) is 0 Å². The maximum Gasteiger partial charge on any atom is 0.0558 e. The average Bonchev–Trinajstić information content (AvgIpc) is 2.61. The van der Waals surface area contributed by atoms with Crippen LogP contribution in [-0.4, -0.2) is 54.5 Å². The van der Waals surface area contributed by atoms with Gasteiger partial charge in [0.2, 0.25) is 0 Å². The molecule has 0 atom stereocenters. The molecule has 3 rings (SSSR count). The van der Waals surface area contributed by atoms with E-state index < -0.39 is 0 Å². The van der Waals surface area contributed by atoms with Crippen molar-refractivity contribution in [1.82, 2.24) is 4.90 Å². The third kappa shape index (κ3) is 4.33. The SMILES string of the molecule is OCCN(CCO)CCCN1c2ccccc2Cc2cc(Cl)ccc21. The Morgan fingerprint density at radius 3 is 2.40 bits per heavy atom. The van der Waals surface area contributed by atoms with Gasteiger partial charge in [-0.05, 0) is 41.8 Å². The summed E-state index contributed by atoms with van der Waals surface area (Å²) in [7, 11) is 0. The topological polar surface area (TPSA) is 46.9 Å². The molecule has 1 aliphatic rings. The van der Waals surface area contributed by atoms with Gasteiger partial charge in [0.15, 0.2) is 0 Å². The Balaban J connectivity index is 1.76. The van der Waals surface area contributed by atoms with Crippen LogP contribution in [0.25, 0.3) is 0 Å². The number of rotatable bonds is 8. The molecule has 0 fully saturated rings. The van der Waals surface area contributed by atoms with E-state index in [0.717, 1.165) is 31.0 Å². The molecule has 134 valence electrons. The average molecular weight is 361 g/mol. The quantitative estimate of drug-likeness (QED) is 0.759. The van der Waals surface area contributed by atoms with Gasteiger partial charge in [-0.25, -0.2) is 0 Å². The summed E-state index contributed by atoms with van der Waals surface area (Å²) >= 11 is 6.19. The number of aliphatic hydroxyl groups excluding tert-OH is 2. The molecule has 1 aliphatic heterocycles. The minimum atomic E-state index is 0.119. The zero-order valence-corrected chi connectivity index (χ0v) is 15.1. The second kappa shape index (κ2) is 8.68. The van der Waals surface area contributed by atoms with Crippen LogP contribution in [0.2, 0.25) is 5.02 Å². The van der Waals surface area contributed by atoms with Crippen LogP contribution in [0.15, 0.2) is 42.5 Å². The van der Waals surface area contributed by atoms with E-state index in [1.165, 1.54) is 22.5 Å². The van der Waals surface area contributed by atoms with Crippen molar-refractivity contribution in [3.05, 3.63) is 58.6 Å². The van der Waals surface area contributed by atoms with E-state index in [2.05, 4.69) is 46.2 Å². The van der Waals surface area contributed by atoms with Crippen molar-refractivity contribution in [3.63, 3.8) is 0 Å². The first-order valence-electron chi connectivity index (χ1n) is 8.81. The molecule has 2 N–H and O–H groups in total. The summed E-state index contributed by atoms with van der Waals surface area (Å²) < 4.78 is 0. The second-order valence-corrected chi connectivity index (χ2v) is 6.81. The van der Waals surface area contributed by atoms with Crippen LogP contribution >= 0.6 is 11.6 Å². The predicted octanol–water partition coefficient (Wildman–Crippen LogP) is 3.06. The van der Waals surface area contributed by atoms with Crippen LogP contribution in [0.3, 0.4) is 0 Å². The molecule has 1 heterocycles. The fraction of sp³-hybridized carbons (Fsp3) is 0.400. The number of fused-ring (bicyclic) bond motifs is 2. The summed E-state index contributed by atoms with van der Waals surface area (Å²) in [6.45, 7) is 3.18. The van der Waals surface area contributed by atoms with Crippen LogP contribution < -0.4 is 4.90 Å². The fourth-order valence-corrected chi connectivity index (χ4v) is 3.72. The van der Waals surface area contributed by atoms with E-state index in [-0.39, 0.29) is 13.2 Å². The van der Waals surface area contributed by atoms with Crippen molar-refractivity contribution < 1.29 is 10.2 Å². The number of para-hydroxylation sites is 1. The first-order valence-corrected chi connectivity index (χ1v) is 9.18. The molecule has 0 radical (unpaired) electrons. The maximum atomic E-state index is 9.15. The summed E-state index contributed by atoms with van der Waals surface area (Å²) in [6, 6.07) is 14.6. The molecule has 0 amide bonds. The lowest BCUT2D eigenvalue weighted by molar-refractivity contribution is 0.160. The lowest BCUT2D eigenvalue weighted by atomic mass is 9.95. The van der Waals surface area contributed by atoms with E-state index >= 15 is 0 Å². The molecule has 0 bridgehead atoms. The smallest absolute Gasteiger partial charge is 0.0558 e. The molecule has 0 saturated heterocycles. The van der Waals surface area contributed by atoms with Gasteiger partial charge in [-0.1, -0.05) is 29.8 Å². The van der Waals surface area contributed by atoms with Gasteiger partial charge in [0.25, 0.3) is 0 Å². The normalized spacial score (nSPS) is 13.0. The van der Waals surface area contributed by atoms with E-state index in [0.29, 0.717) is 13.1 Å². The van der Waals surface area contributed by atoms with Crippen molar-refractivity contribution in [1.29, 1.82) is 0 Å². The number of halogens is 1. The Labute approximate surface area is 154 Å². The van der Waals surface area contributed by atoms with Crippen molar-refractivity contribution in [2.75, 3.05) is 44.3 Å². The summed E-state index contributed by atoms with van der Waals surface area (Å²) in [4.78, 5) is 4.46. The number of nitrogens with zero attached hydrogens (tertiary/aromatic N) is 2. The summed E-state index contributed by atoms with van der Waals surface area (Å²) in [5, 5.41) is 19.1. The maximum absolute atomic E-state index is 9.15. The Morgan fingerprint density at radius 2 is 1.64 bits per heavy atom. The highest BCUT2D eigenvalue weighted by Gasteiger charge is 2.22. The number of anilines is 2. The molecule has 2 aromatic carbocycles. The van der Waals surface area contributed by atoms with Gasteiger partial charge in [-0.3, -0.25) is 4.90 Å². The highest BCUT2D eigenvalue weighted by Crippen LogP contribution is 2.39. The van der Waals surface area contributed by atoms with Gasteiger partial charge in [0.05, 0.1) is 13.2 Å². The van der Waals surface area contributed by atoms with Crippen LogP contribution in [-0.2, 0) is 6.42 Å². The largest absolute Gasteiger partial charge is 0.395 e. The third-order valence-electron chi connectivity index (χ3n) is 4.68. The number of hydrogen-bond donors (Lipinski definition) is 2. The van der Waals surface area contributed by atoms with Gasteiger partial charge in [-0.2, -0.15) is 0 Å². The molecule has 5 heteroatoms. The van der Waals surface area contributed by atoms with E-state index in [1.807, 2.05) is 6.07 Å². The number of hydrogen-bond acceptors (Lipinski definition) is 4. The first-order chi connectivity index (χ1) is 12.2. The summed E-state index contributed by atoms with van der Waals surface area (Å²) in [5.41, 5.74) is 5.06. The van der Waals surface area contributed by atoms with Crippen LogP contribution in [0.1, 0.15) is 17.5 Å². The van der Waals surface area contributed by atoms with Crippen molar-refractivity contribution in [2.45, 2.75) is 12.8 Å². The molecule has 0 unspecified atom stereocenters. The van der Waals surface area contributed by atoms with Crippen LogP contribution in [0.4, 0.5) is 11.4 Å². The Morgan fingerprint density at radius 1 is 0.920 bits per heavy atom. The Hall–Kier alpha value is -1.59. The molecule has 0 spiro atoms. The first kappa shape index (κ1) is 18.2.